The molecule has 0 spiro atoms. The fourth-order valence-electron chi connectivity index (χ4n) is 3.85. The zero-order valence-corrected chi connectivity index (χ0v) is 21.6. The maximum Gasteiger partial charge on any atom is 0.338 e. The molecule has 0 saturated carbocycles. The van der Waals surface area contributed by atoms with Gasteiger partial charge >= 0.3 is 5.97 Å². The number of ether oxygens (including phenoxy) is 1. The number of nitrogens with zero attached hydrogens (tertiary/aromatic N) is 3. The molecule has 3 heterocycles. The number of esters is 1. The van der Waals surface area contributed by atoms with Gasteiger partial charge < -0.3 is 15.0 Å². The minimum Gasteiger partial charge on any atom is -0.456 e. The van der Waals surface area contributed by atoms with Crippen molar-refractivity contribution in [2.24, 2.45) is 4.99 Å². The Balaban J connectivity index is 1.62. The number of thioether (sulfide) groups is 1. The highest BCUT2D eigenvalue weighted by atomic mass is 35.5. The van der Waals surface area contributed by atoms with Crippen LogP contribution in [0.5, 0.6) is 0 Å². The van der Waals surface area contributed by atoms with Gasteiger partial charge in [0.1, 0.15) is 5.60 Å². The molecule has 1 atom stereocenters. The summed E-state index contributed by atoms with van der Waals surface area (Å²) in [5.41, 5.74) is 2.95. The molecule has 182 valence electrons. The van der Waals surface area contributed by atoms with Gasteiger partial charge in [0.25, 0.3) is 0 Å². The lowest BCUT2D eigenvalue weighted by molar-refractivity contribution is -0.150. The van der Waals surface area contributed by atoms with E-state index in [2.05, 4.69) is 15.3 Å². The smallest absolute Gasteiger partial charge is 0.338 e. The molecule has 0 saturated heterocycles. The van der Waals surface area contributed by atoms with E-state index in [0.717, 1.165) is 16.8 Å². The van der Waals surface area contributed by atoms with Crippen LogP contribution < -0.4 is 5.32 Å². The molecular formula is C26H27ClN4O3S. The van der Waals surface area contributed by atoms with Crippen molar-refractivity contribution in [3.05, 3.63) is 87.3 Å². The van der Waals surface area contributed by atoms with Gasteiger partial charge in [-0.3, -0.25) is 9.78 Å². The Hall–Kier alpha value is -3.10. The van der Waals surface area contributed by atoms with Crippen LogP contribution in [0.4, 0.5) is 0 Å². The monoisotopic (exact) mass is 510 g/mol. The van der Waals surface area contributed by atoms with Gasteiger partial charge in [-0.05, 0) is 68.5 Å². The summed E-state index contributed by atoms with van der Waals surface area (Å²) < 4.78 is 5.75. The second kappa shape index (κ2) is 10.3. The van der Waals surface area contributed by atoms with E-state index in [1.165, 1.54) is 11.8 Å². The van der Waals surface area contributed by atoms with E-state index in [0.29, 0.717) is 28.0 Å². The molecule has 2 aliphatic heterocycles. The quantitative estimate of drug-likeness (QED) is 0.527. The molecule has 0 aliphatic carbocycles. The van der Waals surface area contributed by atoms with Gasteiger partial charge in [0.15, 0.2) is 5.17 Å². The van der Waals surface area contributed by atoms with Crippen LogP contribution in [0.1, 0.15) is 51.3 Å². The number of nitrogens with one attached hydrogen (secondary N) is 1. The summed E-state index contributed by atoms with van der Waals surface area (Å²) >= 11 is 7.58. The predicted octanol–water partition coefficient (Wildman–Crippen LogP) is 5.36. The summed E-state index contributed by atoms with van der Waals surface area (Å²) in [6.45, 7) is 7.72. The van der Waals surface area contributed by atoms with E-state index >= 15 is 0 Å². The number of aromatic nitrogens is 1. The zero-order chi connectivity index (χ0) is 25.2. The molecule has 2 aliphatic rings. The Morgan fingerprint density at radius 2 is 1.83 bits per heavy atom. The van der Waals surface area contributed by atoms with Gasteiger partial charge in [-0.2, -0.15) is 0 Å². The van der Waals surface area contributed by atoms with Crippen molar-refractivity contribution in [2.75, 3.05) is 0 Å². The normalized spacial score (nSPS) is 17.5. The first-order chi connectivity index (χ1) is 16.6. The number of carbonyl (C=O) groups excluding carboxylic acids is 2. The summed E-state index contributed by atoms with van der Waals surface area (Å²) in [5.74, 6) is -0.564. The predicted molar refractivity (Wildman–Crippen MR) is 138 cm³/mol. The number of allylic oxidation sites excluding steroid dienone is 1. The highest BCUT2D eigenvalue weighted by Gasteiger charge is 2.41. The molecule has 4 rings (SSSR count). The minimum absolute atomic E-state index is 0.130. The topological polar surface area (TPSA) is 83.9 Å². The average molecular weight is 511 g/mol. The van der Waals surface area contributed by atoms with Crippen LogP contribution in [0, 0.1) is 0 Å². The van der Waals surface area contributed by atoms with E-state index in [-0.39, 0.29) is 12.3 Å². The molecule has 1 aromatic carbocycles. The van der Waals surface area contributed by atoms with Crippen molar-refractivity contribution in [1.82, 2.24) is 15.2 Å². The average Bonchev–Trinajstić information content (AvgIpc) is 3.18. The van der Waals surface area contributed by atoms with Crippen LogP contribution in [0.25, 0.3) is 0 Å². The number of aliphatic imine (C=N–C) groups is 1. The van der Waals surface area contributed by atoms with Crippen molar-refractivity contribution < 1.29 is 14.3 Å². The zero-order valence-electron chi connectivity index (χ0n) is 20.0. The van der Waals surface area contributed by atoms with Gasteiger partial charge in [-0.25, -0.2) is 9.79 Å². The van der Waals surface area contributed by atoms with E-state index in [1.807, 2.05) is 62.3 Å². The first-order valence-corrected chi connectivity index (χ1v) is 12.5. The Kier molecular flexibility index (Phi) is 7.33. The third-order valence-corrected chi connectivity index (χ3v) is 6.53. The van der Waals surface area contributed by atoms with Crippen LogP contribution in [0.3, 0.4) is 0 Å². The van der Waals surface area contributed by atoms with Crippen LogP contribution in [0.2, 0.25) is 5.02 Å². The van der Waals surface area contributed by atoms with Crippen molar-refractivity contribution in [3.8, 4) is 0 Å². The van der Waals surface area contributed by atoms with E-state index in [1.54, 1.807) is 24.5 Å². The SMILES string of the molecule is CC1=C(C(=O)OC(C)(C)C)[C@H](c2ccc(Cl)cc2)N2C(CC(=O)NCc3ccncc3)=CSC2=N1. The number of hydrogen-bond donors (Lipinski definition) is 1. The summed E-state index contributed by atoms with van der Waals surface area (Å²) in [6, 6.07) is 10.6. The third-order valence-electron chi connectivity index (χ3n) is 5.39. The molecule has 0 fully saturated rings. The number of amides is 1. The molecule has 7 nitrogen and oxygen atoms in total. The molecule has 0 unspecified atom stereocenters. The number of hydrogen-bond acceptors (Lipinski definition) is 7. The summed E-state index contributed by atoms with van der Waals surface area (Å²) in [5, 5.41) is 6.18. The molecule has 0 radical (unpaired) electrons. The molecule has 1 N–H and O–H groups in total. The second-order valence-electron chi connectivity index (χ2n) is 9.26. The third kappa shape index (κ3) is 5.94. The number of benzene rings is 1. The van der Waals surface area contributed by atoms with Gasteiger partial charge in [-0.15, -0.1) is 0 Å². The number of fused-ring (bicyclic) bond motifs is 1. The summed E-state index contributed by atoms with van der Waals surface area (Å²) in [4.78, 5) is 36.8. The van der Waals surface area contributed by atoms with Gasteiger partial charge in [0.05, 0.1) is 23.7 Å². The highest BCUT2D eigenvalue weighted by Crippen LogP contribution is 2.45. The van der Waals surface area contributed by atoms with Gasteiger partial charge in [0, 0.05) is 29.7 Å². The maximum atomic E-state index is 13.3. The first-order valence-electron chi connectivity index (χ1n) is 11.2. The Morgan fingerprint density at radius 3 is 2.49 bits per heavy atom. The van der Waals surface area contributed by atoms with Crippen molar-refractivity contribution >= 4 is 40.4 Å². The molecule has 35 heavy (non-hydrogen) atoms. The summed E-state index contributed by atoms with van der Waals surface area (Å²) in [6.07, 6.45) is 3.52. The molecule has 9 heteroatoms. The lowest BCUT2D eigenvalue weighted by Gasteiger charge is -2.37. The first kappa shape index (κ1) is 25.0. The Bertz CT molecular complexity index is 1220. The Labute approximate surface area is 214 Å². The molecule has 2 aromatic rings. The standard InChI is InChI=1S/C26H27ClN4O3S/c1-16-22(24(33)34-26(2,3)4)23(18-5-7-19(27)8-6-18)31-20(15-35-25(31)30-16)13-21(32)29-14-17-9-11-28-12-10-17/h5-12,15,23H,13-14H2,1-4H3,(H,29,32)/t23-/m0/s1. The van der Waals surface area contributed by atoms with Crippen molar-refractivity contribution in [2.45, 2.75) is 52.3 Å². The van der Waals surface area contributed by atoms with E-state index < -0.39 is 17.6 Å². The minimum atomic E-state index is -0.663. The summed E-state index contributed by atoms with van der Waals surface area (Å²) in [7, 11) is 0. The fourth-order valence-corrected chi connectivity index (χ4v) is 4.94. The molecule has 0 bridgehead atoms. The lowest BCUT2D eigenvalue weighted by atomic mass is 9.93. The van der Waals surface area contributed by atoms with Gasteiger partial charge in [0.2, 0.25) is 5.91 Å². The second-order valence-corrected chi connectivity index (χ2v) is 10.5. The number of rotatable bonds is 6. The van der Waals surface area contributed by atoms with Gasteiger partial charge in [-0.1, -0.05) is 35.5 Å². The molecular weight excluding hydrogens is 484 g/mol. The fraction of sp³-hybridized carbons (Fsp3) is 0.308. The van der Waals surface area contributed by atoms with Crippen LogP contribution in [0.15, 0.2) is 76.2 Å². The largest absolute Gasteiger partial charge is 0.456 e. The van der Waals surface area contributed by atoms with Crippen LogP contribution >= 0.6 is 23.4 Å². The number of halogens is 1. The number of pyridine rings is 1. The van der Waals surface area contributed by atoms with E-state index in [9.17, 15) is 9.59 Å². The van der Waals surface area contributed by atoms with Crippen molar-refractivity contribution in [3.63, 3.8) is 0 Å². The van der Waals surface area contributed by atoms with E-state index in [4.69, 9.17) is 16.3 Å². The molecule has 1 amide bonds. The molecule has 1 aromatic heterocycles. The van der Waals surface area contributed by atoms with Crippen LogP contribution in [-0.4, -0.2) is 32.5 Å². The number of carbonyl (C=O) groups is 2. The maximum absolute atomic E-state index is 13.3. The lowest BCUT2D eigenvalue weighted by Crippen LogP contribution is -2.39. The number of amidine groups is 1. The highest BCUT2D eigenvalue weighted by molar-refractivity contribution is 8.16. The van der Waals surface area contributed by atoms with Crippen molar-refractivity contribution in [1.29, 1.82) is 0 Å². The van der Waals surface area contributed by atoms with Crippen LogP contribution in [-0.2, 0) is 20.9 Å². The Morgan fingerprint density at radius 1 is 1.14 bits per heavy atom.